The van der Waals surface area contributed by atoms with Crippen molar-refractivity contribution in [3.8, 4) is 11.3 Å². The van der Waals surface area contributed by atoms with Crippen LogP contribution in [-0.2, 0) is 16.1 Å². The maximum Gasteiger partial charge on any atom is 0.329 e. The lowest BCUT2D eigenvalue weighted by Gasteiger charge is -2.21. The van der Waals surface area contributed by atoms with Crippen molar-refractivity contribution in [3.05, 3.63) is 63.7 Å². The highest BCUT2D eigenvalue weighted by Crippen LogP contribution is 2.27. The predicted octanol–water partition coefficient (Wildman–Crippen LogP) is 5.83. The molecule has 2 fully saturated rings. The summed E-state index contributed by atoms with van der Waals surface area (Å²) >= 11 is 18.1. The van der Waals surface area contributed by atoms with Crippen LogP contribution in [0, 0.1) is 5.92 Å². The number of hydrogen-bond acceptors (Lipinski definition) is 5. The average Bonchev–Trinajstić information content (AvgIpc) is 3.42. The number of nitrogens with one attached hydrogen (secondary N) is 1. The monoisotopic (exact) mass is 602 g/mol. The van der Waals surface area contributed by atoms with Crippen molar-refractivity contribution in [2.75, 3.05) is 18.0 Å². The van der Waals surface area contributed by atoms with E-state index in [2.05, 4.69) is 15.6 Å². The third-order valence-electron chi connectivity index (χ3n) is 7.41. The Bertz CT molecular complexity index is 1380. The summed E-state index contributed by atoms with van der Waals surface area (Å²) < 4.78 is 1.83. The number of nitrogens with zero attached hydrogens (tertiary/aromatic N) is 5. The van der Waals surface area contributed by atoms with E-state index in [-0.39, 0.29) is 24.7 Å². The first kappa shape index (κ1) is 28.4. The fourth-order valence-corrected chi connectivity index (χ4v) is 5.90. The molecule has 2 aliphatic rings. The molecule has 2 unspecified atom stereocenters. The number of aromatic nitrogens is 3. The number of rotatable bonds is 8. The Labute approximate surface area is 247 Å². The molecule has 3 aromatic rings. The lowest BCUT2D eigenvalue weighted by Crippen LogP contribution is -2.35. The normalized spacial score (nSPS) is 19.6. The van der Waals surface area contributed by atoms with Gasteiger partial charge in [-0.1, -0.05) is 40.0 Å². The van der Waals surface area contributed by atoms with Crippen molar-refractivity contribution in [1.29, 1.82) is 0 Å². The molecule has 0 bridgehead atoms. The minimum absolute atomic E-state index is 0.00810. The largest absolute Gasteiger partial charge is 0.343 e. The molecule has 1 N–H and O–H groups in total. The molecule has 4 amide bonds. The number of anilines is 1. The van der Waals surface area contributed by atoms with Crippen LogP contribution in [0.3, 0.4) is 0 Å². The first-order chi connectivity index (χ1) is 19.3. The van der Waals surface area contributed by atoms with Gasteiger partial charge in [0.2, 0.25) is 5.91 Å². The van der Waals surface area contributed by atoms with Crippen molar-refractivity contribution in [2.24, 2.45) is 5.92 Å². The second-order valence-corrected chi connectivity index (χ2v) is 11.5. The fourth-order valence-electron chi connectivity index (χ4n) is 5.25. The Morgan fingerprint density at radius 2 is 1.70 bits per heavy atom. The summed E-state index contributed by atoms with van der Waals surface area (Å²) in [5, 5.41) is 12.8. The van der Waals surface area contributed by atoms with E-state index >= 15 is 0 Å². The molecule has 2 aliphatic heterocycles. The zero-order chi connectivity index (χ0) is 28.2. The van der Waals surface area contributed by atoms with E-state index in [4.69, 9.17) is 34.8 Å². The number of imide groups is 1. The summed E-state index contributed by atoms with van der Waals surface area (Å²) in [4.78, 5) is 41.2. The van der Waals surface area contributed by atoms with E-state index in [0.717, 1.165) is 48.4 Å². The average molecular weight is 604 g/mol. The Balaban J connectivity index is 1.08. The van der Waals surface area contributed by atoms with E-state index in [1.807, 2.05) is 27.9 Å². The molecule has 0 radical (unpaired) electrons. The highest BCUT2D eigenvalue weighted by atomic mass is 35.5. The van der Waals surface area contributed by atoms with Crippen LogP contribution in [0.25, 0.3) is 11.3 Å². The van der Waals surface area contributed by atoms with Crippen molar-refractivity contribution in [1.82, 2.24) is 25.2 Å². The maximum atomic E-state index is 13.0. The van der Waals surface area contributed by atoms with Crippen LogP contribution in [0.1, 0.15) is 38.5 Å². The highest BCUT2D eigenvalue weighted by molar-refractivity contribution is 6.35. The van der Waals surface area contributed by atoms with Gasteiger partial charge in [-0.2, -0.15) is 0 Å². The second kappa shape index (κ2) is 12.6. The number of carbonyl (C=O) groups excluding carboxylic acids is 3. The number of benzene rings is 2. The molecule has 12 heteroatoms. The summed E-state index contributed by atoms with van der Waals surface area (Å²) in [5.41, 5.74) is 1.99. The zero-order valence-electron chi connectivity index (χ0n) is 21.7. The Morgan fingerprint density at radius 1 is 0.950 bits per heavy atom. The van der Waals surface area contributed by atoms with Crippen LogP contribution < -0.4 is 10.2 Å². The summed E-state index contributed by atoms with van der Waals surface area (Å²) in [6.07, 6.45) is 6.15. The molecule has 0 saturated carbocycles. The number of halogens is 3. The third-order valence-corrected chi connectivity index (χ3v) is 8.10. The van der Waals surface area contributed by atoms with Crippen LogP contribution in [0.4, 0.5) is 10.5 Å². The Morgan fingerprint density at radius 3 is 2.45 bits per heavy atom. The number of urea groups is 1. The molecular formula is C28H29Cl3N6O3. The molecule has 0 spiro atoms. The fraction of sp³-hybridized carbons (Fsp3) is 0.393. The molecule has 1 aromatic heterocycles. The second-order valence-electron chi connectivity index (χ2n) is 10.2. The minimum atomic E-state index is -0.720. The first-order valence-corrected chi connectivity index (χ1v) is 14.4. The van der Waals surface area contributed by atoms with Gasteiger partial charge >= 0.3 is 6.03 Å². The minimum Gasteiger partial charge on any atom is -0.343 e. The van der Waals surface area contributed by atoms with E-state index in [9.17, 15) is 14.4 Å². The van der Waals surface area contributed by atoms with E-state index in [1.165, 1.54) is 0 Å². The van der Waals surface area contributed by atoms with Crippen LogP contribution in [0.15, 0.2) is 48.7 Å². The summed E-state index contributed by atoms with van der Waals surface area (Å²) in [6.45, 7) is 2.10. The molecule has 3 heterocycles. The Hall–Kier alpha value is -3.14. The number of amides is 4. The van der Waals surface area contributed by atoms with E-state index < -0.39 is 12.1 Å². The topological polar surface area (TPSA) is 100 Å². The van der Waals surface area contributed by atoms with Gasteiger partial charge in [0, 0.05) is 46.7 Å². The third kappa shape index (κ3) is 6.77. The SMILES string of the molecule is O=C(CCC1NC(=O)N(c2ccc(Cl)cc2)C1=O)N1CCCC(CCn2cc(-c3cc(Cl)cc(Cl)c3)nn2)CC1. The predicted molar refractivity (Wildman–Crippen MR) is 155 cm³/mol. The van der Waals surface area contributed by atoms with Gasteiger partial charge in [0.25, 0.3) is 5.91 Å². The molecule has 40 heavy (non-hydrogen) atoms. The van der Waals surface area contributed by atoms with Crippen molar-refractivity contribution in [3.63, 3.8) is 0 Å². The van der Waals surface area contributed by atoms with Crippen LogP contribution in [0.2, 0.25) is 15.1 Å². The van der Waals surface area contributed by atoms with E-state index in [1.54, 1.807) is 30.3 Å². The summed E-state index contributed by atoms with van der Waals surface area (Å²) in [5.74, 6) is 0.120. The van der Waals surface area contributed by atoms with Crippen LogP contribution in [-0.4, -0.2) is 56.9 Å². The van der Waals surface area contributed by atoms with Gasteiger partial charge in [-0.15, -0.1) is 5.10 Å². The first-order valence-electron chi connectivity index (χ1n) is 13.3. The number of carbonyl (C=O) groups is 3. The van der Waals surface area contributed by atoms with Crippen molar-refractivity contribution in [2.45, 2.75) is 51.1 Å². The van der Waals surface area contributed by atoms with Crippen molar-refractivity contribution < 1.29 is 14.4 Å². The molecule has 2 saturated heterocycles. The molecule has 2 atom stereocenters. The van der Waals surface area contributed by atoms with Gasteiger partial charge in [0.05, 0.1) is 11.9 Å². The van der Waals surface area contributed by atoms with Gasteiger partial charge in [0.15, 0.2) is 0 Å². The smallest absolute Gasteiger partial charge is 0.329 e. The molecule has 9 nitrogen and oxygen atoms in total. The van der Waals surface area contributed by atoms with Gasteiger partial charge in [-0.25, -0.2) is 9.69 Å². The standard InChI is InChI=1S/C28H29Cl3N6O3/c29-20-3-5-23(6-4-20)37-27(39)24(32-28(37)40)7-8-26(38)35-11-1-2-18(9-12-35)10-13-36-17-25(33-34-36)19-14-21(30)16-22(31)15-19/h3-6,14-18,24H,1-2,7-13H2,(H,32,40). The lowest BCUT2D eigenvalue weighted by atomic mass is 9.97. The molecule has 210 valence electrons. The van der Waals surface area contributed by atoms with Gasteiger partial charge in [-0.05, 0) is 80.5 Å². The summed E-state index contributed by atoms with van der Waals surface area (Å²) in [7, 11) is 0. The van der Waals surface area contributed by atoms with Gasteiger partial charge in [-0.3, -0.25) is 14.3 Å². The number of likely N-dealkylation sites (tertiary alicyclic amines) is 1. The van der Waals surface area contributed by atoms with Gasteiger partial charge in [0.1, 0.15) is 11.7 Å². The zero-order valence-corrected chi connectivity index (χ0v) is 24.0. The van der Waals surface area contributed by atoms with Crippen LogP contribution >= 0.6 is 34.8 Å². The lowest BCUT2D eigenvalue weighted by molar-refractivity contribution is -0.131. The number of hydrogen-bond donors (Lipinski definition) is 1. The molecule has 2 aromatic carbocycles. The van der Waals surface area contributed by atoms with Gasteiger partial charge < -0.3 is 10.2 Å². The number of aryl methyl sites for hydroxylation is 1. The highest BCUT2D eigenvalue weighted by Gasteiger charge is 2.39. The maximum absolute atomic E-state index is 13.0. The molecule has 5 rings (SSSR count). The molecular weight excluding hydrogens is 575 g/mol. The quantitative estimate of drug-likeness (QED) is 0.327. The van der Waals surface area contributed by atoms with E-state index in [0.29, 0.717) is 39.8 Å². The van der Waals surface area contributed by atoms with Crippen LogP contribution in [0.5, 0.6) is 0 Å². The van der Waals surface area contributed by atoms with Crippen molar-refractivity contribution >= 4 is 58.3 Å². The Kier molecular flexibility index (Phi) is 8.93. The molecule has 0 aliphatic carbocycles. The summed E-state index contributed by atoms with van der Waals surface area (Å²) in [6, 6.07) is 10.6.